The number of aryl methyl sites for hydroxylation is 1. The molecular formula is C14H16BrN3O4. The number of hydrogen-bond donors (Lipinski definition) is 1. The molecule has 0 bridgehead atoms. The van der Waals surface area contributed by atoms with Gasteiger partial charge < -0.3 is 18.8 Å². The smallest absolute Gasteiger partial charge is 0.259 e. The second-order valence-electron chi connectivity index (χ2n) is 4.32. The van der Waals surface area contributed by atoms with E-state index in [9.17, 15) is 4.79 Å². The number of hydrogen-bond acceptors (Lipinski definition) is 5. The number of nitrogens with one attached hydrogen (secondary N) is 1. The Morgan fingerprint density at radius 2 is 1.91 bits per heavy atom. The van der Waals surface area contributed by atoms with Crippen molar-refractivity contribution in [1.29, 1.82) is 0 Å². The minimum atomic E-state index is -0.347. The first-order valence-electron chi connectivity index (χ1n) is 6.30. The molecule has 0 radical (unpaired) electrons. The molecule has 22 heavy (non-hydrogen) atoms. The maximum Gasteiger partial charge on any atom is 0.259 e. The van der Waals surface area contributed by atoms with E-state index in [-0.39, 0.29) is 5.91 Å². The highest BCUT2D eigenvalue weighted by molar-refractivity contribution is 9.10. The highest BCUT2D eigenvalue weighted by atomic mass is 79.9. The van der Waals surface area contributed by atoms with Gasteiger partial charge in [-0.15, -0.1) is 0 Å². The summed E-state index contributed by atoms with van der Waals surface area (Å²) in [5.74, 6) is 1.27. The van der Waals surface area contributed by atoms with Gasteiger partial charge in [0.05, 0.1) is 31.4 Å². The highest BCUT2D eigenvalue weighted by Crippen LogP contribution is 2.44. The number of imidazole rings is 1. The Morgan fingerprint density at radius 3 is 2.41 bits per heavy atom. The largest absolute Gasteiger partial charge is 0.493 e. The maximum atomic E-state index is 12.5. The molecule has 0 aliphatic carbocycles. The molecule has 0 fully saturated rings. The van der Waals surface area contributed by atoms with E-state index in [0.29, 0.717) is 33.2 Å². The quantitative estimate of drug-likeness (QED) is 0.875. The molecule has 2 rings (SSSR count). The van der Waals surface area contributed by atoms with E-state index >= 15 is 0 Å². The van der Waals surface area contributed by atoms with Crippen molar-refractivity contribution < 1.29 is 19.0 Å². The van der Waals surface area contributed by atoms with Crippen LogP contribution in [-0.2, 0) is 7.05 Å². The second-order valence-corrected chi connectivity index (χ2v) is 5.12. The number of nitrogens with zero attached hydrogens (tertiary/aromatic N) is 2. The Bertz CT molecular complexity index is 700. The van der Waals surface area contributed by atoms with Crippen molar-refractivity contribution in [3.63, 3.8) is 0 Å². The van der Waals surface area contributed by atoms with E-state index in [0.717, 1.165) is 0 Å². The molecule has 8 heteroatoms. The lowest BCUT2D eigenvalue weighted by Crippen LogP contribution is -2.16. The third-order valence-corrected chi connectivity index (χ3v) is 3.85. The molecule has 1 heterocycles. The van der Waals surface area contributed by atoms with Crippen LogP contribution in [0.3, 0.4) is 0 Å². The van der Waals surface area contributed by atoms with Gasteiger partial charge in [-0.1, -0.05) is 0 Å². The van der Waals surface area contributed by atoms with Crippen LogP contribution in [0.1, 0.15) is 10.4 Å². The van der Waals surface area contributed by atoms with Crippen molar-refractivity contribution in [2.24, 2.45) is 7.05 Å². The Kier molecular flexibility index (Phi) is 4.92. The number of benzene rings is 1. The van der Waals surface area contributed by atoms with Crippen LogP contribution in [0.5, 0.6) is 17.2 Å². The lowest BCUT2D eigenvalue weighted by molar-refractivity contribution is 0.102. The van der Waals surface area contributed by atoms with Crippen LogP contribution >= 0.6 is 15.9 Å². The minimum Gasteiger partial charge on any atom is -0.493 e. The van der Waals surface area contributed by atoms with E-state index in [1.165, 1.54) is 21.3 Å². The lowest BCUT2D eigenvalue weighted by atomic mass is 10.1. The number of carbonyl (C=O) groups excluding carboxylic acids is 1. The van der Waals surface area contributed by atoms with Crippen molar-refractivity contribution in [3.05, 3.63) is 28.5 Å². The topological polar surface area (TPSA) is 74.6 Å². The molecule has 1 aromatic carbocycles. The molecule has 0 atom stereocenters. The highest BCUT2D eigenvalue weighted by Gasteiger charge is 2.23. The number of methoxy groups -OCH3 is 3. The first-order chi connectivity index (χ1) is 10.5. The van der Waals surface area contributed by atoms with Gasteiger partial charge in [-0.2, -0.15) is 0 Å². The van der Waals surface area contributed by atoms with Crippen LogP contribution in [0.25, 0.3) is 0 Å². The molecule has 1 amide bonds. The summed E-state index contributed by atoms with van der Waals surface area (Å²) in [6.07, 6.45) is 3.33. The van der Waals surface area contributed by atoms with Crippen LogP contribution < -0.4 is 19.5 Å². The fourth-order valence-electron chi connectivity index (χ4n) is 1.94. The Hall–Kier alpha value is -2.22. The van der Waals surface area contributed by atoms with Crippen LogP contribution in [0.15, 0.2) is 22.9 Å². The van der Waals surface area contributed by atoms with Crippen LogP contribution in [0, 0.1) is 0 Å². The molecule has 0 saturated carbocycles. The number of anilines is 1. The summed E-state index contributed by atoms with van der Waals surface area (Å²) >= 11 is 3.37. The van der Waals surface area contributed by atoms with E-state index in [1.54, 1.807) is 30.1 Å². The molecule has 2 aromatic rings. The van der Waals surface area contributed by atoms with Gasteiger partial charge in [0, 0.05) is 19.4 Å². The van der Waals surface area contributed by atoms with Crippen molar-refractivity contribution in [1.82, 2.24) is 9.55 Å². The van der Waals surface area contributed by atoms with Gasteiger partial charge in [0.1, 0.15) is 0 Å². The van der Waals surface area contributed by atoms with Crippen LogP contribution in [0.4, 0.5) is 5.95 Å². The van der Waals surface area contributed by atoms with Gasteiger partial charge in [0.25, 0.3) is 5.91 Å². The lowest BCUT2D eigenvalue weighted by Gasteiger charge is -2.16. The van der Waals surface area contributed by atoms with Crippen molar-refractivity contribution in [2.45, 2.75) is 0 Å². The van der Waals surface area contributed by atoms with Crippen LogP contribution in [-0.4, -0.2) is 36.8 Å². The standard InChI is InChI=1S/C14H16BrN3O4/c1-18-6-5-16-14(18)17-13(19)8-7-9(20-2)11(21-3)12(22-4)10(8)15/h5-7H,1-4H3,(H,16,17,19). The van der Waals surface area contributed by atoms with Gasteiger partial charge in [0.15, 0.2) is 11.5 Å². The molecule has 1 aromatic heterocycles. The first kappa shape index (κ1) is 16.2. The molecule has 1 N–H and O–H groups in total. The number of ether oxygens (including phenoxy) is 3. The van der Waals surface area contributed by atoms with E-state index in [1.807, 2.05) is 0 Å². The molecule has 118 valence electrons. The average Bonchev–Trinajstić information content (AvgIpc) is 2.91. The third-order valence-electron chi connectivity index (χ3n) is 3.06. The molecule has 0 aliphatic rings. The predicted octanol–water partition coefficient (Wildman–Crippen LogP) is 2.46. The Balaban J connectivity index is 2.46. The fraction of sp³-hybridized carbons (Fsp3) is 0.286. The summed E-state index contributed by atoms with van der Waals surface area (Å²) in [6.45, 7) is 0. The van der Waals surface area contributed by atoms with Gasteiger partial charge >= 0.3 is 0 Å². The summed E-state index contributed by atoms with van der Waals surface area (Å²) in [5, 5.41) is 2.72. The molecule has 0 saturated heterocycles. The normalized spacial score (nSPS) is 10.2. The van der Waals surface area contributed by atoms with Crippen molar-refractivity contribution in [2.75, 3.05) is 26.6 Å². The average molecular weight is 370 g/mol. The zero-order valence-corrected chi connectivity index (χ0v) is 14.2. The number of amides is 1. The molecule has 0 unspecified atom stereocenters. The van der Waals surface area contributed by atoms with E-state index in [2.05, 4.69) is 26.2 Å². The van der Waals surface area contributed by atoms with Gasteiger partial charge in [-0.3, -0.25) is 10.1 Å². The summed E-state index contributed by atoms with van der Waals surface area (Å²) in [7, 11) is 6.27. The second kappa shape index (κ2) is 6.69. The maximum absolute atomic E-state index is 12.5. The minimum absolute atomic E-state index is 0.345. The molecular weight excluding hydrogens is 354 g/mol. The molecule has 0 aliphatic heterocycles. The van der Waals surface area contributed by atoms with Crippen molar-refractivity contribution in [3.8, 4) is 17.2 Å². The van der Waals surface area contributed by atoms with Gasteiger partial charge in [-0.05, 0) is 22.0 Å². The SMILES string of the molecule is COc1cc(C(=O)Nc2nccn2C)c(Br)c(OC)c1OC. The van der Waals surface area contributed by atoms with Crippen LogP contribution in [0.2, 0.25) is 0 Å². The number of halogens is 1. The summed E-state index contributed by atoms with van der Waals surface area (Å²) < 4.78 is 18.0. The summed E-state index contributed by atoms with van der Waals surface area (Å²) in [4.78, 5) is 16.5. The zero-order valence-electron chi connectivity index (χ0n) is 12.6. The summed E-state index contributed by atoms with van der Waals surface area (Å²) in [6, 6.07) is 1.57. The third kappa shape index (κ3) is 2.87. The van der Waals surface area contributed by atoms with Gasteiger partial charge in [-0.25, -0.2) is 4.98 Å². The number of aromatic nitrogens is 2. The van der Waals surface area contributed by atoms with E-state index in [4.69, 9.17) is 14.2 Å². The Labute approximate surface area is 136 Å². The molecule has 0 spiro atoms. The number of carbonyl (C=O) groups is 1. The molecule has 7 nitrogen and oxygen atoms in total. The summed E-state index contributed by atoms with van der Waals surface area (Å²) in [5.41, 5.74) is 0.345. The van der Waals surface area contributed by atoms with Crippen molar-refractivity contribution >= 4 is 27.8 Å². The predicted molar refractivity (Wildman–Crippen MR) is 85.0 cm³/mol. The van der Waals surface area contributed by atoms with E-state index < -0.39 is 0 Å². The fourth-order valence-corrected chi connectivity index (χ4v) is 2.58. The van der Waals surface area contributed by atoms with Gasteiger partial charge in [0.2, 0.25) is 11.7 Å². The zero-order chi connectivity index (χ0) is 16.3. The first-order valence-corrected chi connectivity index (χ1v) is 7.09. The number of rotatable bonds is 5. The monoisotopic (exact) mass is 369 g/mol. The Morgan fingerprint density at radius 1 is 1.23 bits per heavy atom.